The Morgan fingerprint density at radius 2 is 1.76 bits per heavy atom. The molecule has 1 aromatic heterocycles. The van der Waals surface area contributed by atoms with Crippen LogP contribution in [0.25, 0.3) is 11.3 Å². The largest absolute Gasteiger partial charge is 0.482 e. The number of amides is 1. The molecule has 0 unspecified atom stereocenters. The van der Waals surface area contributed by atoms with Crippen LogP contribution in [0.1, 0.15) is 42.6 Å². The van der Waals surface area contributed by atoms with E-state index in [4.69, 9.17) is 4.74 Å². The van der Waals surface area contributed by atoms with Crippen LogP contribution in [0.5, 0.6) is 5.75 Å². The fraction of sp³-hybridized carbons (Fsp3) is 0.385. The second-order valence-electron chi connectivity index (χ2n) is 9.61. The third-order valence-electron chi connectivity index (χ3n) is 6.75. The average Bonchev–Trinajstić information content (AvgIpc) is 3.21. The number of hydrogen-bond acceptors (Lipinski definition) is 5. The zero-order chi connectivity index (χ0) is 24.1. The minimum atomic E-state index is -3.35. The predicted molar refractivity (Wildman–Crippen MR) is 129 cm³/mol. The zero-order valence-electron chi connectivity index (χ0n) is 19.7. The quantitative estimate of drug-likeness (QED) is 0.564. The molecule has 0 radical (unpaired) electrons. The van der Waals surface area contributed by atoms with Gasteiger partial charge in [-0.2, -0.15) is 5.10 Å². The van der Waals surface area contributed by atoms with E-state index in [2.05, 4.69) is 5.10 Å². The molecule has 5 rings (SSSR count). The van der Waals surface area contributed by atoms with Crippen LogP contribution in [0.3, 0.4) is 0 Å². The molecule has 3 heterocycles. The molecule has 34 heavy (non-hydrogen) atoms. The van der Waals surface area contributed by atoms with E-state index < -0.39 is 15.4 Å². The van der Waals surface area contributed by atoms with Crippen LogP contribution < -0.4 is 4.74 Å². The van der Waals surface area contributed by atoms with Crippen molar-refractivity contribution in [1.29, 1.82) is 0 Å². The maximum Gasteiger partial charge on any atom is 0.253 e. The first-order chi connectivity index (χ1) is 16.2. The maximum atomic E-state index is 13.2. The number of piperidine rings is 1. The van der Waals surface area contributed by atoms with Crippen molar-refractivity contribution in [1.82, 2.24) is 14.7 Å². The highest BCUT2D eigenvalue weighted by atomic mass is 32.2. The van der Waals surface area contributed by atoms with Gasteiger partial charge >= 0.3 is 0 Å². The monoisotopic (exact) mass is 479 g/mol. The van der Waals surface area contributed by atoms with Crippen molar-refractivity contribution in [2.24, 2.45) is 13.0 Å². The lowest BCUT2D eigenvalue weighted by Gasteiger charge is -2.44. The first-order valence-corrected chi connectivity index (χ1v) is 13.3. The smallest absolute Gasteiger partial charge is 0.253 e. The number of sulfone groups is 1. The third-order valence-corrected chi connectivity index (χ3v) is 8.84. The minimum Gasteiger partial charge on any atom is -0.482 e. The Morgan fingerprint density at radius 3 is 2.44 bits per heavy atom. The first-order valence-electron chi connectivity index (χ1n) is 11.6. The summed E-state index contributed by atoms with van der Waals surface area (Å²) in [5.74, 6) is 0.886. The Bertz CT molecular complexity index is 1330. The van der Waals surface area contributed by atoms with Gasteiger partial charge in [0.1, 0.15) is 11.4 Å². The molecule has 2 aliphatic rings. The summed E-state index contributed by atoms with van der Waals surface area (Å²) in [5.41, 5.74) is 3.16. The van der Waals surface area contributed by atoms with Gasteiger partial charge in [0.15, 0.2) is 9.84 Å². The standard InChI is InChI=1S/C26H29N3O4S/c1-18(2)17-34(31,32)20-10-8-19(9-11-20)25(30)29-14-12-26(13-15-29)22-16-27-28(3)24(22)21-6-4-5-7-23(21)33-26/h4-11,16,18H,12-15,17H2,1-3H3. The van der Waals surface area contributed by atoms with Gasteiger partial charge in [0.05, 0.1) is 22.5 Å². The van der Waals surface area contributed by atoms with Crippen LogP contribution in [0.2, 0.25) is 0 Å². The molecule has 7 nitrogen and oxygen atoms in total. The third kappa shape index (κ3) is 3.79. The molecule has 178 valence electrons. The van der Waals surface area contributed by atoms with Gasteiger partial charge < -0.3 is 9.64 Å². The van der Waals surface area contributed by atoms with E-state index in [1.807, 2.05) is 60.9 Å². The zero-order valence-corrected chi connectivity index (χ0v) is 20.5. The van der Waals surface area contributed by atoms with Gasteiger partial charge in [-0.3, -0.25) is 9.48 Å². The lowest BCUT2D eigenvalue weighted by molar-refractivity contribution is -0.00172. The number of nitrogens with zero attached hydrogens (tertiary/aromatic N) is 3. The summed E-state index contributed by atoms with van der Waals surface area (Å²) in [6.07, 6.45) is 3.21. The van der Waals surface area contributed by atoms with Crippen molar-refractivity contribution in [3.05, 3.63) is 65.9 Å². The number of carbonyl (C=O) groups is 1. The normalized spacial score (nSPS) is 16.8. The molecule has 8 heteroatoms. The Hall–Kier alpha value is -3.13. The lowest BCUT2D eigenvalue weighted by atomic mass is 9.81. The van der Waals surface area contributed by atoms with E-state index in [0.29, 0.717) is 31.5 Å². The van der Waals surface area contributed by atoms with Crippen LogP contribution in [-0.2, 0) is 22.5 Å². The fourth-order valence-corrected chi connectivity index (χ4v) is 6.69. The molecule has 0 atom stereocenters. The van der Waals surface area contributed by atoms with Crippen LogP contribution in [0, 0.1) is 5.92 Å². The number of ether oxygens (including phenoxy) is 1. The second-order valence-corrected chi connectivity index (χ2v) is 11.6. The van der Waals surface area contributed by atoms with E-state index >= 15 is 0 Å². The van der Waals surface area contributed by atoms with Crippen LogP contribution in [0.15, 0.2) is 59.6 Å². The van der Waals surface area contributed by atoms with Crippen LogP contribution in [-0.4, -0.2) is 47.8 Å². The van der Waals surface area contributed by atoms with Crippen molar-refractivity contribution in [2.75, 3.05) is 18.8 Å². The average molecular weight is 480 g/mol. The lowest BCUT2D eigenvalue weighted by Crippen LogP contribution is -2.49. The molecule has 0 bridgehead atoms. The SMILES string of the molecule is CC(C)CS(=O)(=O)c1ccc(C(=O)N2CCC3(CC2)Oc2ccccc2-c2c3cnn2C)cc1. The summed E-state index contributed by atoms with van der Waals surface area (Å²) in [6, 6.07) is 14.3. The van der Waals surface area contributed by atoms with Crippen molar-refractivity contribution in [2.45, 2.75) is 37.2 Å². The summed E-state index contributed by atoms with van der Waals surface area (Å²) in [4.78, 5) is 15.3. The van der Waals surface area contributed by atoms with E-state index in [1.54, 1.807) is 24.3 Å². The molecular formula is C26H29N3O4S. The van der Waals surface area contributed by atoms with E-state index in [0.717, 1.165) is 22.6 Å². The van der Waals surface area contributed by atoms with Crippen molar-refractivity contribution in [3.8, 4) is 17.0 Å². The van der Waals surface area contributed by atoms with Crippen molar-refractivity contribution >= 4 is 15.7 Å². The highest BCUT2D eigenvalue weighted by Gasteiger charge is 2.45. The number of aryl methyl sites for hydroxylation is 1. The molecule has 0 saturated carbocycles. The summed E-state index contributed by atoms with van der Waals surface area (Å²) >= 11 is 0. The molecule has 2 aliphatic heterocycles. The van der Waals surface area contributed by atoms with Gasteiger partial charge in [0.2, 0.25) is 0 Å². The number of rotatable bonds is 4. The molecule has 1 fully saturated rings. The van der Waals surface area contributed by atoms with Gasteiger partial charge in [-0.25, -0.2) is 8.42 Å². The molecule has 0 aliphatic carbocycles. The number of carbonyl (C=O) groups excluding carboxylic acids is 1. The number of para-hydroxylation sites is 1. The fourth-order valence-electron chi connectivity index (χ4n) is 5.07. The van der Waals surface area contributed by atoms with E-state index in [9.17, 15) is 13.2 Å². The molecule has 3 aromatic rings. The van der Waals surface area contributed by atoms with E-state index in [-0.39, 0.29) is 22.5 Å². The summed E-state index contributed by atoms with van der Waals surface area (Å²) in [7, 11) is -1.40. The summed E-state index contributed by atoms with van der Waals surface area (Å²) < 4.78 is 33.4. The molecular weight excluding hydrogens is 450 g/mol. The molecule has 1 spiro atoms. The second kappa shape index (κ2) is 8.27. The Kier molecular flexibility index (Phi) is 5.51. The minimum absolute atomic E-state index is 0.0429. The Balaban J connectivity index is 1.34. The molecule has 0 N–H and O–H groups in total. The van der Waals surface area contributed by atoms with Gasteiger partial charge in [-0.05, 0) is 42.3 Å². The summed E-state index contributed by atoms with van der Waals surface area (Å²) in [6.45, 7) is 4.84. The topological polar surface area (TPSA) is 81.5 Å². The predicted octanol–water partition coefficient (Wildman–Crippen LogP) is 4.04. The molecule has 1 saturated heterocycles. The number of hydrogen-bond donors (Lipinski definition) is 0. The van der Waals surface area contributed by atoms with Crippen molar-refractivity contribution in [3.63, 3.8) is 0 Å². The number of likely N-dealkylation sites (tertiary alicyclic amines) is 1. The number of aromatic nitrogens is 2. The highest BCUT2D eigenvalue weighted by molar-refractivity contribution is 7.91. The number of benzene rings is 2. The summed E-state index contributed by atoms with van der Waals surface area (Å²) in [5, 5.41) is 4.50. The highest BCUT2D eigenvalue weighted by Crippen LogP contribution is 2.49. The van der Waals surface area contributed by atoms with Gasteiger partial charge in [-0.1, -0.05) is 26.0 Å². The Labute approximate surface area is 200 Å². The Morgan fingerprint density at radius 1 is 1.09 bits per heavy atom. The van der Waals surface area contributed by atoms with Crippen molar-refractivity contribution < 1.29 is 17.9 Å². The molecule has 1 amide bonds. The molecule has 2 aromatic carbocycles. The first kappa shape index (κ1) is 22.7. The maximum absolute atomic E-state index is 13.2. The van der Waals surface area contributed by atoms with Gasteiger partial charge in [0, 0.05) is 49.7 Å². The van der Waals surface area contributed by atoms with Crippen LogP contribution >= 0.6 is 0 Å². The van der Waals surface area contributed by atoms with Gasteiger partial charge in [-0.15, -0.1) is 0 Å². The number of fused-ring (bicyclic) bond motifs is 4. The van der Waals surface area contributed by atoms with Crippen LogP contribution in [0.4, 0.5) is 0 Å². The van der Waals surface area contributed by atoms with Gasteiger partial charge in [0.25, 0.3) is 5.91 Å². The van der Waals surface area contributed by atoms with E-state index in [1.165, 1.54) is 0 Å².